The van der Waals surface area contributed by atoms with Crippen LogP contribution < -0.4 is 16.0 Å². The predicted molar refractivity (Wildman–Crippen MR) is 172 cm³/mol. The molecule has 4 saturated heterocycles. The minimum atomic E-state index is -1.87. The minimum Gasteiger partial charge on any atom is -0.394 e. The lowest BCUT2D eigenvalue weighted by Crippen LogP contribution is -2.64. The minimum absolute atomic E-state index is 0.0103. The van der Waals surface area contributed by atoms with Gasteiger partial charge >= 0.3 is 5.97 Å². The first-order chi connectivity index (χ1) is 25.8. The number of carbonyl (C=O) groups is 6. The SMILES string of the molecule is O=C(CN1CC(=O)NCCO[C@@H]2O[C@@H](O[C@@H]3[C@@H](OCCNC(=O)C1)O[C@H](CO)[C@@H](O)[C@@H]3O)[C@@H](O)[C@@H](O)[C@@H]2O)NCCCCCC(=O)ON1C(=O)CCC1=O. The molecular formula is C31H49N5O18. The van der Waals surface area contributed by atoms with Crippen LogP contribution in [0.1, 0.15) is 38.5 Å². The van der Waals surface area contributed by atoms with Crippen LogP contribution in [-0.2, 0) is 57.3 Å². The summed E-state index contributed by atoms with van der Waals surface area (Å²) in [5, 5.41) is 70.5. The van der Waals surface area contributed by atoms with Crippen molar-refractivity contribution in [3.63, 3.8) is 0 Å². The van der Waals surface area contributed by atoms with E-state index in [1.807, 2.05) is 0 Å². The number of imide groups is 1. The van der Waals surface area contributed by atoms with Gasteiger partial charge < -0.3 is 75.1 Å². The van der Waals surface area contributed by atoms with Gasteiger partial charge in [0.2, 0.25) is 17.7 Å². The second-order valence-electron chi connectivity index (χ2n) is 12.9. The Morgan fingerprint density at radius 1 is 0.741 bits per heavy atom. The normalized spacial score (nSPS) is 33.8. The number of hydroxylamine groups is 2. The Balaban J connectivity index is 1.30. The number of carbonyl (C=O) groups excluding carboxylic acids is 6. The number of ether oxygens (including phenoxy) is 5. The van der Waals surface area contributed by atoms with E-state index in [1.165, 1.54) is 4.90 Å². The molecule has 0 aromatic carbocycles. The van der Waals surface area contributed by atoms with Crippen molar-refractivity contribution in [3.05, 3.63) is 0 Å². The molecule has 0 saturated carbocycles. The smallest absolute Gasteiger partial charge is 0.333 e. The van der Waals surface area contributed by atoms with Crippen LogP contribution >= 0.6 is 0 Å². The summed E-state index contributed by atoms with van der Waals surface area (Å²) in [6.07, 6.45) is -15.4. The zero-order chi connectivity index (χ0) is 39.4. The Morgan fingerprint density at radius 2 is 1.35 bits per heavy atom. The van der Waals surface area contributed by atoms with Gasteiger partial charge in [0.05, 0.1) is 39.5 Å². The van der Waals surface area contributed by atoms with Gasteiger partial charge in [-0.2, -0.15) is 0 Å². The number of aliphatic hydroxyl groups excluding tert-OH is 6. The first-order valence-electron chi connectivity index (χ1n) is 17.6. The van der Waals surface area contributed by atoms with Crippen LogP contribution in [0.4, 0.5) is 0 Å². The van der Waals surface area contributed by atoms with E-state index in [0.717, 1.165) is 0 Å². The van der Waals surface area contributed by atoms with Crippen LogP contribution in [0.5, 0.6) is 0 Å². The highest BCUT2D eigenvalue weighted by Crippen LogP contribution is 2.30. The van der Waals surface area contributed by atoms with Crippen LogP contribution in [0.2, 0.25) is 0 Å². The Hall–Kier alpha value is -3.46. The van der Waals surface area contributed by atoms with Gasteiger partial charge in [-0.15, -0.1) is 5.06 Å². The van der Waals surface area contributed by atoms with E-state index < -0.39 is 117 Å². The maximum Gasteiger partial charge on any atom is 0.333 e. The third kappa shape index (κ3) is 12.3. The monoisotopic (exact) mass is 779 g/mol. The van der Waals surface area contributed by atoms with Gasteiger partial charge in [-0.3, -0.25) is 28.9 Å². The maximum atomic E-state index is 12.8. The molecule has 54 heavy (non-hydrogen) atoms. The molecule has 0 radical (unpaired) electrons. The molecule has 0 aromatic rings. The molecule has 9 N–H and O–H groups in total. The van der Waals surface area contributed by atoms with Gasteiger partial charge in [-0.25, -0.2) is 4.79 Å². The molecule has 306 valence electrons. The number of fused-ring (bicyclic) bond motifs is 3. The highest BCUT2D eigenvalue weighted by molar-refractivity contribution is 6.01. The molecule has 5 amide bonds. The number of nitrogens with one attached hydrogen (secondary N) is 3. The summed E-state index contributed by atoms with van der Waals surface area (Å²) in [5.41, 5.74) is 0. The lowest BCUT2D eigenvalue weighted by molar-refractivity contribution is -0.389. The van der Waals surface area contributed by atoms with E-state index in [2.05, 4.69) is 16.0 Å². The third-order valence-electron chi connectivity index (χ3n) is 8.73. The van der Waals surface area contributed by atoms with Gasteiger partial charge in [0.1, 0.15) is 42.7 Å². The molecule has 10 atom stereocenters. The summed E-state index contributed by atoms with van der Waals surface area (Å²) in [6.45, 7) is -2.53. The lowest BCUT2D eigenvalue weighted by atomic mass is 9.98. The average Bonchev–Trinajstić information content (AvgIpc) is 3.44. The molecule has 2 bridgehead atoms. The molecule has 4 heterocycles. The number of nitrogens with zero attached hydrogens (tertiary/aromatic N) is 2. The molecular weight excluding hydrogens is 730 g/mol. The van der Waals surface area contributed by atoms with E-state index in [1.54, 1.807) is 0 Å². The Bertz CT molecular complexity index is 1290. The highest BCUT2D eigenvalue weighted by Gasteiger charge is 2.51. The van der Waals surface area contributed by atoms with Crippen LogP contribution in [0.25, 0.3) is 0 Å². The number of amides is 5. The summed E-state index contributed by atoms with van der Waals surface area (Å²) >= 11 is 0. The van der Waals surface area contributed by atoms with Gasteiger partial charge in [-0.05, 0) is 12.8 Å². The summed E-state index contributed by atoms with van der Waals surface area (Å²) in [4.78, 5) is 79.5. The van der Waals surface area contributed by atoms with E-state index in [0.29, 0.717) is 24.3 Å². The van der Waals surface area contributed by atoms with E-state index >= 15 is 0 Å². The van der Waals surface area contributed by atoms with Crippen molar-refractivity contribution in [2.45, 2.75) is 100 Å². The number of hydrogen-bond acceptors (Lipinski definition) is 19. The molecule has 0 spiro atoms. The zero-order valence-corrected chi connectivity index (χ0v) is 29.4. The van der Waals surface area contributed by atoms with Crippen molar-refractivity contribution in [2.75, 3.05) is 59.1 Å². The van der Waals surface area contributed by atoms with Crippen LogP contribution in [0, 0.1) is 0 Å². The number of rotatable bonds is 10. The maximum absolute atomic E-state index is 12.8. The number of hydrogen-bond donors (Lipinski definition) is 9. The van der Waals surface area contributed by atoms with Crippen LogP contribution in [0.15, 0.2) is 0 Å². The number of unbranched alkanes of at least 4 members (excludes halogenated alkanes) is 2. The third-order valence-corrected chi connectivity index (χ3v) is 8.73. The summed E-state index contributed by atoms with van der Waals surface area (Å²) in [6, 6.07) is 0. The first-order valence-corrected chi connectivity index (χ1v) is 17.6. The van der Waals surface area contributed by atoms with Crippen LogP contribution in [-0.4, -0.2) is 197 Å². The number of aliphatic hydroxyl groups is 6. The van der Waals surface area contributed by atoms with Gasteiger partial charge in [0.15, 0.2) is 18.9 Å². The lowest BCUT2D eigenvalue weighted by Gasteiger charge is -2.45. The first kappa shape index (κ1) is 43.3. The van der Waals surface area contributed by atoms with Crippen molar-refractivity contribution in [1.29, 1.82) is 0 Å². The highest BCUT2D eigenvalue weighted by atomic mass is 16.8. The second kappa shape index (κ2) is 21.0. The molecule has 0 aliphatic carbocycles. The van der Waals surface area contributed by atoms with E-state index in [-0.39, 0.29) is 58.7 Å². The molecule has 4 aliphatic rings. The molecule has 4 aliphatic heterocycles. The molecule has 0 unspecified atom stereocenters. The average molecular weight is 780 g/mol. The summed E-state index contributed by atoms with van der Waals surface area (Å²) in [7, 11) is 0. The van der Waals surface area contributed by atoms with Crippen molar-refractivity contribution in [1.82, 2.24) is 25.9 Å². The molecule has 23 nitrogen and oxygen atoms in total. The largest absolute Gasteiger partial charge is 0.394 e. The fourth-order valence-electron chi connectivity index (χ4n) is 5.84. The Morgan fingerprint density at radius 3 is 1.98 bits per heavy atom. The van der Waals surface area contributed by atoms with Gasteiger partial charge in [0.25, 0.3) is 11.8 Å². The summed E-state index contributed by atoms with van der Waals surface area (Å²) in [5.74, 6) is -3.58. The quantitative estimate of drug-likeness (QED) is 0.0735. The van der Waals surface area contributed by atoms with E-state index in [4.69, 9.17) is 28.5 Å². The van der Waals surface area contributed by atoms with Crippen molar-refractivity contribution >= 4 is 35.5 Å². The van der Waals surface area contributed by atoms with Gasteiger partial charge in [0, 0.05) is 38.9 Å². The molecule has 23 heteroatoms. The predicted octanol–water partition coefficient (Wildman–Crippen LogP) is -6.56. The van der Waals surface area contributed by atoms with E-state index in [9.17, 15) is 59.4 Å². The Labute approximate surface area is 308 Å². The van der Waals surface area contributed by atoms with Crippen molar-refractivity contribution in [3.8, 4) is 0 Å². The molecule has 4 rings (SSSR count). The standard InChI is InChI=1S/C31H49N5O18/c37-15-16-23(44)25(46)28-31(51-16)50-11-9-34-19(40)14-35(13-18(39)33-8-10-49-29-26(47)24(45)27(48)30(52-28)53-29)12-17(38)32-7-3-1-2-4-22(43)54-36-20(41)5-6-21(36)42/h16,23-31,37,44-48H,1-15H2,(H,32,38)(H,33,39)(H,34,40)/t16-,23-,24+,25+,26+,27+,28+,29-,30-,31+/m1/s1. The Kier molecular flexibility index (Phi) is 16.8. The van der Waals surface area contributed by atoms with Crippen LogP contribution in [0.3, 0.4) is 0 Å². The topological polar surface area (TPSA) is 322 Å². The van der Waals surface area contributed by atoms with Gasteiger partial charge in [-0.1, -0.05) is 6.42 Å². The summed E-state index contributed by atoms with van der Waals surface area (Å²) < 4.78 is 27.8. The van der Waals surface area contributed by atoms with Crippen molar-refractivity contribution < 1.29 is 87.9 Å². The molecule has 4 fully saturated rings. The van der Waals surface area contributed by atoms with Crippen molar-refractivity contribution in [2.24, 2.45) is 0 Å². The fourth-order valence-corrected chi connectivity index (χ4v) is 5.84. The zero-order valence-electron chi connectivity index (χ0n) is 29.4. The second-order valence-corrected chi connectivity index (χ2v) is 12.9. The fraction of sp³-hybridized carbons (Fsp3) is 0.806. The molecule has 0 aromatic heterocycles.